The second-order valence-corrected chi connectivity index (χ2v) is 6.55. The van der Waals surface area contributed by atoms with Crippen LogP contribution in [0.5, 0.6) is 0 Å². The molecule has 1 aliphatic rings. The summed E-state index contributed by atoms with van der Waals surface area (Å²) in [6.07, 6.45) is 2.87. The number of nitrogens with zero attached hydrogens (tertiary/aromatic N) is 1. The smallest absolute Gasteiger partial charge is 0.191 e. The van der Waals surface area contributed by atoms with Gasteiger partial charge in [0.15, 0.2) is 5.96 Å². The molecule has 0 bridgehead atoms. The maximum absolute atomic E-state index is 10.1. The molecule has 112 valence electrons. The van der Waals surface area contributed by atoms with Gasteiger partial charge in [-0.3, -0.25) is 4.99 Å². The summed E-state index contributed by atoms with van der Waals surface area (Å²) in [5.41, 5.74) is -0.554. The first-order valence-electron chi connectivity index (χ1n) is 7.41. The summed E-state index contributed by atoms with van der Waals surface area (Å²) in [5, 5.41) is 18.8. The lowest BCUT2D eigenvalue weighted by Gasteiger charge is -2.35. The molecule has 1 atom stereocenters. The molecular weight excluding hydrogens is 270 g/mol. The van der Waals surface area contributed by atoms with Crippen molar-refractivity contribution in [2.75, 3.05) is 19.6 Å². The molecule has 1 fully saturated rings. The van der Waals surface area contributed by atoms with Crippen molar-refractivity contribution < 1.29 is 5.11 Å². The van der Waals surface area contributed by atoms with Crippen molar-refractivity contribution in [3.05, 3.63) is 22.4 Å². The first-order valence-corrected chi connectivity index (χ1v) is 8.29. The molecule has 5 heteroatoms. The molecule has 1 heterocycles. The molecule has 0 saturated heterocycles. The highest BCUT2D eigenvalue weighted by molar-refractivity contribution is 7.10. The molecule has 1 aromatic heterocycles. The number of aliphatic imine (C=N–C) groups is 1. The van der Waals surface area contributed by atoms with E-state index in [1.165, 1.54) is 4.88 Å². The summed E-state index contributed by atoms with van der Waals surface area (Å²) in [5.74, 6) is 1.27. The second kappa shape index (κ2) is 7.09. The predicted octanol–water partition coefficient (Wildman–Crippen LogP) is 2.32. The van der Waals surface area contributed by atoms with Gasteiger partial charge in [-0.25, -0.2) is 0 Å². The molecule has 0 spiro atoms. The standard InChI is InChI=1S/C15H25N3OS/c1-3-16-14(18-11-15(19)7-5-8-15)17-10-12(2)13-6-4-9-20-13/h4,6,9,12,19H,3,5,7-8,10-11H2,1-2H3,(H2,16,17,18). The van der Waals surface area contributed by atoms with E-state index in [2.05, 4.69) is 47.0 Å². The molecule has 4 nitrogen and oxygen atoms in total. The van der Waals surface area contributed by atoms with Crippen molar-refractivity contribution in [1.82, 2.24) is 10.6 Å². The van der Waals surface area contributed by atoms with Gasteiger partial charge in [0.05, 0.1) is 12.1 Å². The third kappa shape index (κ3) is 4.21. The molecule has 1 aromatic rings. The van der Waals surface area contributed by atoms with Gasteiger partial charge in [-0.2, -0.15) is 0 Å². The number of aliphatic hydroxyl groups is 1. The summed E-state index contributed by atoms with van der Waals surface area (Å²) < 4.78 is 0. The second-order valence-electron chi connectivity index (χ2n) is 5.57. The van der Waals surface area contributed by atoms with Crippen molar-refractivity contribution in [2.45, 2.75) is 44.6 Å². The van der Waals surface area contributed by atoms with Crippen LogP contribution >= 0.6 is 11.3 Å². The van der Waals surface area contributed by atoms with E-state index in [0.29, 0.717) is 12.5 Å². The van der Waals surface area contributed by atoms with Gasteiger partial charge in [0.2, 0.25) is 0 Å². The number of hydrogen-bond acceptors (Lipinski definition) is 3. The number of hydrogen-bond donors (Lipinski definition) is 3. The summed E-state index contributed by atoms with van der Waals surface area (Å²) >= 11 is 1.79. The fraction of sp³-hybridized carbons (Fsp3) is 0.667. The van der Waals surface area contributed by atoms with Crippen molar-refractivity contribution in [2.24, 2.45) is 4.99 Å². The van der Waals surface area contributed by atoms with Crippen LogP contribution in [0.1, 0.15) is 43.9 Å². The molecule has 3 N–H and O–H groups in total. The van der Waals surface area contributed by atoms with Crippen molar-refractivity contribution in [3.8, 4) is 0 Å². The minimum atomic E-state index is -0.554. The zero-order chi connectivity index (χ0) is 14.4. The number of rotatable bonds is 6. The van der Waals surface area contributed by atoms with E-state index < -0.39 is 5.60 Å². The number of guanidine groups is 1. The summed E-state index contributed by atoms with van der Waals surface area (Å²) in [4.78, 5) is 5.89. The van der Waals surface area contributed by atoms with Gasteiger partial charge in [-0.05, 0) is 37.6 Å². The van der Waals surface area contributed by atoms with Crippen molar-refractivity contribution in [1.29, 1.82) is 0 Å². The van der Waals surface area contributed by atoms with Crippen LogP contribution < -0.4 is 10.6 Å². The zero-order valence-electron chi connectivity index (χ0n) is 12.4. The monoisotopic (exact) mass is 295 g/mol. The van der Waals surface area contributed by atoms with E-state index in [1.54, 1.807) is 11.3 Å². The number of nitrogens with one attached hydrogen (secondary N) is 2. The minimum absolute atomic E-state index is 0.464. The lowest BCUT2D eigenvalue weighted by Crippen LogP contribution is -2.43. The Bertz CT molecular complexity index is 426. The van der Waals surface area contributed by atoms with Gasteiger partial charge in [0.25, 0.3) is 0 Å². The van der Waals surface area contributed by atoms with Gasteiger partial charge in [0, 0.05) is 23.9 Å². The van der Waals surface area contributed by atoms with Crippen LogP contribution in [-0.2, 0) is 0 Å². The van der Waals surface area contributed by atoms with Crippen LogP contribution in [0.3, 0.4) is 0 Å². The Labute approximate surface area is 125 Å². The lowest BCUT2D eigenvalue weighted by molar-refractivity contribution is -0.0236. The Kier molecular flexibility index (Phi) is 5.43. The topological polar surface area (TPSA) is 56.7 Å². The molecular formula is C15H25N3OS. The van der Waals surface area contributed by atoms with Crippen molar-refractivity contribution in [3.63, 3.8) is 0 Å². The Morgan fingerprint density at radius 3 is 2.85 bits per heavy atom. The molecule has 0 aromatic carbocycles. The zero-order valence-corrected chi connectivity index (χ0v) is 13.2. The van der Waals surface area contributed by atoms with Gasteiger partial charge >= 0.3 is 0 Å². The SMILES string of the molecule is CCNC(=NCC1(O)CCC1)NCC(C)c1cccs1. The van der Waals surface area contributed by atoms with Gasteiger partial charge in [-0.1, -0.05) is 13.0 Å². The lowest BCUT2D eigenvalue weighted by atomic mass is 9.80. The van der Waals surface area contributed by atoms with E-state index in [0.717, 1.165) is 38.3 Å². The van der Waals surface area contributed by atoms with Gasteiger partial charge in [0.1, 0.15) is 0 Å². The van der Waals surface area contributed by atoms with E-state index >= 15 is 0 Å². The normalized spacial score (nSPS) is 19.2. The van der Waals surface area contributed by atoms with Crippen LogP contribution in [0.25, 0.3) is 0 Å². The van der Waals surface area contributed by atoms with E-state index in [9.17, 15) is 5.11 Å². The van der Waals surface area contributed by atoms with Crippen molar-refractivity contribution >= 4 is 17.3 Å². The molecule has 2 rings (SSSR count). The van der Waals surface area contributed by atoms with Gasteiger partial charge < -0.3 is 15.7 Å². The van der Waals surface area contributed by atoms with Crippen LogP contribution in [-0.4, -0.2) is 36.3 Å². The third-order valence-corrected chi connectivity index (χ3v) is 4.87. The molecule has 0 radical (unpaired) electrons. The minimum Gasteiger partial charge on any atom is -0.388 e. The maximum Gasteiger partial charge on any atom is 0.191 e. The molecule has 1 unspecified atom stereocenters. The van der Waals surface area contributed by atoms with Crippen LogP contribution in [0, 0.1) is 0 Å². The molecule has 0 amide bonds. The highest BCUT2D eigenvalue weighted by Crippen LogP contribution is 2.31. The molecule has 20 heavy (non-hydrogen) atoms. The molecule has 1 aliphatic carbocycles. The Balaban J connectivity index is 1.83. The predicted molar refractivity (Wildman–Crippen MR) is 85.5 cm³/mol. The van der Waals surface area contributed by atoms with E-state index in [1.807, 2.05) is 0 Å². The van der Waals surface area contributed by atoms with Crippen LogP contribution in [0.15, 0.2) is 22.5 Å². The summed E-state index contributed by atoms with van der Waals surface area (Å²) in [6, 6.07) is 4.25. The Morgan fingerprint density at radius 1 is 1.50 bits per heavy atom. The summed E-state index contributed by atoms with van der Waals surface area (Å²) in [6.45, 7) is 6.44. The fourth-order valence-corrected chi connectivity index (χ4v) is 3.02. The fourth-order valence-electron chi connectivity index (χ4n) is 2.23. The molecule has 1 saturated carbocycles. The maximum atomic E-state index is 10.1. The van der Waals surface area contributed by atoms with E-state index in [4.69, 9.17) is 0 Å². The van der Waals surface area contributed by atoms with E-state index in [-0.39, 0.29) is 0 Å². The average molecular weight is 295 g/mol. The van der Waals surface area contributed by atoms with Gasteiger partial charge in [-0.15, -0.1) is 11.3 Å². The quantitative estimate of drug-likeness (QED) is 0.557. The van der Waals surface area contributed by atoms with Crippen LogP contribution in [0.4, 0.5) is 0 Å². The highest BCUT2D eigenvalue weighted by Gasteiger charge is 2.34. The average Bonchev–Trinajstić information content (AvgIpc) is 2.93. The first-order chi connectivity index (χ1) is 9.63. The largest absolute Gasteiger partial charge is 0.388 e. The van der Waals surface area contributed by atoms with Crippen LogP contribution in [0.2, 0.25) is 0 Å². The Morgan fingerprint density at radius 2 is 2.30 bits per heavy atom. The molecule has 0 aliphatic heterocycles. The summed E-state index contributed by atoms with van der Waals surface area (Å²) in [7, 11) is 0. The number of thiophene rings is 1. The third-order valence-electron chi connectivity index (χ3n) is 3.76. The first kappa shape index (κ1) is 15.3. The highest BCUT2D eigenvalue weighted by atomic mass is 32.1. The Hall–Kier alpha value is -1.07.